The van der Waals surface area contributed by atoms with Gasteiger partial charge in [0.2, 0.25) is 5.89 Å². The van der Waals surface area contributed by atoms with Gasteiger partial charge in [-0.25, -0.2) is 0 Å². The molecule has 6 heteroatoms. The maximum atomic E-state index is 5.95. The molecule has 2 heterocycles. The minimum atomic E-state index is 0.360. The molecule has 0 spiro atoms. The summed E-state index contributed by atoms with van der Waals surface area (Å²) in [5, 5.41) is 4.60. The second-order valence-electron chi connectivity index (χ2n) is 5.98. The summed E-state index contributed by atoms with van der Waals surface area (Å²) in [6.45, 7) is 5.69. The topological polar surface area (TPSA) is 51.4 Å². The van der Waals surface area contributed by atoms with Crippen LogP contribution >= 0.6 is 11.6 Å². The lowest BCUT2D eigenvalue weighted by Crippen LogP contribution is -2.35. The number of hydrogen-bond acceptors (Lipinski definition) is 5. The van der Waals surface area contributed by atoms with Crippen molar-refractivity contribution in [1.29, 1.82) is 0 Å². The molecule has 1 aliphatic heterocycles. The molecular formula is C17H22ClN3O2. The Morgan fingerprint density at radius 3 is 3.13 bits per heavy atom. The molecule has 0 bridgehead atoms. The molecule has 124 valence electrons. The van der Waals surface area contributed by atoms with Gasteiger partial charge in [-0.15, -0.1) is 0 Å². The van der Waals surface area contributed by atoms with E-state index in [9.17, 15) is 0 Å². The number of piperidine rings is 1. The van der Waals surface area contributed by atoms with E-state index in [1.165, 1.54) is 6.42 Å². The average Bonchev–Trinajstić information content (AvgIpc) is 2.99. The van der Waals surface area contributed by atoms with Crippen LogP contribution < -0.4 is 4.74 Å². The number of ether oxygens (including phenoxy) is 1. The van der Waals surface area contributed by atoms with Gasteiger partial charge in [0.05, 0.1) is 12.5 Å². The molecule has 2 aromatic rings. The Morgan fingerprint density at radius 1 is 1.43 bits per heavy atom. The molecule has 3 rings (SSSR count). The molecule has 0 amide bonds. The quantitative estimate of drug-likeness (QED) is 0.754. The molecule has 0 N–H and O–H groups in total. The summed E-state index contributed by atoms with van der Waals surface area (Å²) in [7, 11) is 0. The van der Waals surface area contributed by atoms with E-state index in [1.54, 1.807) is 0 Å². The first-order chi connectivity index (χ1) is 11.2. The molecule has 0 aliphatic carbocycles. The van der Waals surface area contributed by atoms with E-state index in [-0.39, 0.29) is 0 Å². The van der Waals surface area contributed by atoms with Crippen molar-refractivity contribution in [2.24, 2.45) is 0 Å². The van der Waals surface area contributed by atoms with Gasteiger partial charge >= 0.3 is 0 Å². The highest BCUT2D eigenvalue weighted by atomic mass is 35.5. The molecule has 23 heavy (non-hydrogen) atoms. The van der Waals surface area contributed by atoms with Crippen molar-refractivity contribution in [2.45, 2.75) is 32.1 Å². The van der Waals surface area contributed by atoms with Crippen LogP contribution in [0.1, 0.15) is 36.9 Å². The molecule has 1 aromatic carbocycles. The maximum Gasteiger partial charge on any atom is 0.231 e. The van der Waals surface area contributed by atoms with Crippen molar-refractivity contribution < 1.29 is 9.26 Å². The third kappa shape index (κ3) is 4.69. The van der Waals surface area contributed by atoms with Gasteiger partial charge in [0, 0.05) is 18.1 Å². The van der Waals surface area contributed by atoms with Crippen molar-refractivity contribution in [1.82, 2.24) is 15.0 Å². The van der Waals surface area contributed by atoms with Crippen LogP contribution in [0.3, 0.4) is 0 Å². The summed E-state index contributed by atoms with van der Waals surface area (Å²) >= 11 is 5.95. The summed E-state index contributed by atoms with van der Waals surface area (Å²) in [5.74, 6) is 2.68. The molecule has 1 fully saturated rings. The number of aryl methyl sites for hydroxylation is 1. The van der Waals surface area contributed by atoms with E-state index in [1.807, 2.05) is 31.2 Å². The van der Waals surface area contributed by atoms with E-state index in [0.717, 1.165) is 44.1 Å². The molecule has 0 radical (unpaired) electrons. The molecule has 1 saturated heterocycles. The first-order valence-electron chi connectivity index (χ1n) is 8.11. The van der Waals surface area contributed by atoms with Crippen LogP contribution in [0.5, 0.6) is 5.75 Å². The summed E-state index contributed by atoms with van der Waals surface area (Å²) in [6.07, 6.45) is 3.28. The summed E-state index contributed by atoms with van der Waals surface area (Å²) in [5.41, 5.74) is 0. The molecule has 1 aromatic heterocycles. The van der Waals surface area contributed by atoms with E-state index < -0.39 is 0 Å². The number of rotatable bonds is 6. The van der Waals surface area contributed by atoms with Crippen LogP contribution in [-0.2, 0) is 0 Å². The molecule has 0 unspecified atom stereocenters. The lowest BCUT2D eigenvalue weighted by atomic mass is 9.98. The number of halogens is 1. The van der Waals surface area contributed by atoms with Gasteiger partial charge in [-0.3, -0.25) is 0 Å². The molecular weight excluding hydrogens is 314 g/mol. The van der Waals surface area contributed by atoms with Crippen LogP contribution in [0, 0.1) is 6.92 Å². The second kappa shape index (κ2) is 7.79. The van der Waals surface area contributed by atoms with Crippen LogP contribution in [0.15, 0.2) is 28.8 Å². The highest BCUT2D eigenvalue weighted by Crippen LogP contribution is 2.25. The number of hydrogen-bond donors (Lipinski definition) is 0. The van der Waals surface area contributed by atoms with Gasteiger partial charge in [0.15, 0.2) is 5.82 Å². The zero-order chi connectivity index (χ0) is 16.1. The Morgan fingerprint density at radius 2 is 2.35 bits per heavy atom. The lowest BCUT2D eigenvalue weighted by Gasteiger charge is -2.30. The van der Waals surface area contributed by atoms with Gasteiger partial charge in [-0.2, -0.15) is 4.98 Å². The third-order valence-corrected chi connectivity index (χ3v) is 4.32. The van der Waals surface area contributed by atoms with Crippen molar-refractivity contribution in [3.63, 3.8) is 0 Å². The van der Waals surface area contributed by atoms with Crippen molar-refractivity contribution in [2.75, 3.05) is 26.2 Å². The summed E-state index contributed by atoms with van der Waals surface area (Å²) in [4.78, 5) is 6.82. The molecule has 1 atom stereocenters. The summed E-state index contributed by atoms with van der Waals surface area (Å²) < 4.78 is 11.1. The maximum absolute atomic E-state index is 5.95. The Hall–Kier alpha value is -1.59. The standard InChI is InChI=1S/C17H22ClN3O2/c1-13-19-17(23-20-13)14-5-3-8-21(12-14)9-4-10-22-16-7-2-6-15(18)11-16/h2,6-7,11,14H,3-5,8-10,12H2,1H3/t14-/m0/s1. The first-order valence-corrected chi connectivity index (χ1v) is 8.49. The highest BCUT2D eigenvalue weighted by Gasteiger charge is 2.25. The third-order valence-electron chi connectivity index (χ3n) is 4.08. The first kappa shape index (κ1) is 16.3. The Labute approximate surface area is 141 Å². The lowest BCUT2D eigenvalue weighted by molar-refractivity contribution is 0.173. The van der Waals surface area contributed by atoms with E-state index in [0.29, 0.717) is 23.4 Å². The smallest absolute Gasteiger partial charge is 0.231 e. The van der Waals surface area contributed by atoms with Gasteiger partial charge in [-0.1, -0.05) is 22.8 Å². The van der Waals surface area contributed by atoms with E-state index in [4.69, 9.17) is 20.9 Å². The zero-order valence-corrected chi connectivity index (χ0v) is 14.1. The monoisotopic (exact) mass is 335 g/mol. The largest absolute Gasteiger partial charge is 0.493 e. The number of aromatic nitrogens is 2. The van der Waals surface area contributed by atoms with Crippen molar-refractivity contribution in [3.8, 4) is 5.75 Å². The van der Waals surface area contributed by atoms with Gasteiger partial charge in [0.1, 0.15) is 5.75 Å². The Balaban J connectivity index is 1.41. The Kier molecular flexibility index (Phi) is 5.51. The minimum absolute atomic E-state index is 0.360. The normalized spacial score (nSPS) is 19.0. The molecule has 5 nitrogen and oxygen atoms in total. The number of benzene rings is 1. The van der Waals surface area contributed by atoms with E-state index >= 15 is 0 Å². The number of nitrogens with zero attached hydrogens (tertiary/aromatic N) is 3. The average molecular weight is 336 g/mol. The van der Waals surface area contributed by atoms with Crippen molar-refractivity contribution in [3.05, 3.63) is 41.0 Å². The van der Waals surface area contributed by atoms with E-state index in [2.05, 4.69) is 15.0 Å². The second-order valence-corrected chi connectivity index (χ2v) is 6.42. The zero-order valence-electron chi connectivity index (χ0n) is 13.4. The fourth-order valence-corrected chi connectivity index (χ4v) is 3.15. The van der Waals surface area contributed by atoms with Crippen molar-refractivity contribution >= 4 is 11.6 Å². The van der Waals surface area contributed by atoms with Crippen LogP contribution in [0.25, 0.3) is 0 Å². The minimum Gasteiger partial charge on any atom is -0.493 e. The van der Waals surface area contributed by atoms with Crippen LogP contribution in [0.4, 0.5) is 0 Å². The van der Waals surface area contributed by atoms with Gasteiger partial charge < -0.3 is 14.2 Å². The van der Waals surface area contributed by atoms with Crippen LogP contribution in [-0.4, -0.2) is 41.3 Å². The predicted molar refractivity (Wildman–Crippen MR) is 89.0 cm³/mol. The molecule has 1 aliphatic rings. The fraction of sp³-hybridized carbons (Fsp3) is 0.529. The fourth-order valence-electron chi connectivity index (χ4n) is 2.97. The Bertz CT molecular complexity index is 632. The van der Waals surface area contributed by atoms with Crippen LogP contribution in [0.2, 0.25) is 5.02 Å². The molecule has 0 saturated carbocycles. The number of likely N-dealkylation sites (tertiary alicyclic amines) is 1. The van der Waals surface area contributed by atoms with Gasteiger partial charge in [0.25, 0.3) is 0 Å². The highest BCUT2D eigenvalue weighted by molar-refractivity contribution is 6.30. The predicted octanol–water partition coefficient (Wildman–Crippen LogP) is 3.68. The van der Waals surface area contributed by atoms with Gasteiger partial charge in [-0.05, 0) is 50.9 Å². The summed E-state index contributed by atoms with van der Waals surface area (Å²) in [6, 6.07) is 7.53. The SMILES string of the molecule is Cc1noc([C@H]2CCCN(CCCOc3cccc(Cl)c3)C2)n1.